The highest BCUT2D eigenvalue weighted by molar-refractivity contribution is 5.98. The Hall–Kier alpha value is -4.15. The Labute approximate surface area is 173 Å². The average molecular weight is 401 g/mol. The molecule has 3 aromatic rings. The van der Waals surface area contributed by atoms with Crippen LogP contribution in [0, 0.1) is 11.3 Å². The molecule has 1 atom stereocenters. The van der Waals surface area contributed by atoms with Crippen molar-refractivity contribution < 1.29 is 19.8 Å². The summed E-state index contributed by atoms with van der Waals surface area (Å²) in [5, 5.41) is 32.1. The van der Waals surface area contributed by atoms with Gasteiger partial charge >= 0.3 is 5.97 Å². The smallest absolute Gasteiger partial charge is 0.335 e. The Morgan fingerprint density at radius 3 is 2.27 bits per heavy atom. The van der Waals surface area contributed by atoms with Crippen molar-refractivity contribution in [1.82, 2.24) is 0 Å². The number of carbonyl (C=O) groups excluding carboxylic acids is 1. The van der Waals surface area contributed by atoms with Crippen LogP contribution in [0.15, 0.2) is 72.8 Å². The van der Waals surface area contributed by atoms with Crippen LogP contribution in [0.25, 0.3) is 0 Å². The van der Waals surface area contributed by atoms with Crippen molar-refractivity contribution in [3.63, 3.8) is 0 Å². The second-order valence-electron chi connectivity index (χ2n) is 6.77. The summed E-state index contributed by atoms with van der Waals surface area (Å²) in [6, 6.07) is 20.8. The largest absolute Gasteiger partial charge is 0.478 e. The Kier molecular flexibility index (Phi) is 5.81. The number of carbonyl (C=O) groups is 2. The number of benzene rings is 3. The zero-order valence-corrected chi connectivity index (χ0v) is 15.9. The first kappa shape index (κ1) is 20.6. The van der Waals surface area contributed by atoms with Gasteiger partial charge in [-0.2, -0.15) is 5.26 Å². The molecule has 5 N–H and O–H groups in total. The van der Waals surface area contributed by atoms with Crippen LogP contribution in [0.1, 0.15) is 27.0 Å². The summed E-state index contributed by atoms with van der Waals surface area (Å²) >= 11 is 0. The molecule has 0 saturated carbocycles. The van der Waals surface area contributed by atoms with E-state index < -0.39 is 17.5 Å². The predicted molar refractivity (Wildman–Crippen MR) is 112 cm³/mol. The summed E-state index contributed by atoms with van der Waals surface area (Å²) < 4.78 is 0. The quantitative estimate of drug-likeness (QED) is 0.469. The van der Waals surface area contributed by atoms with E-state index in [9.17, 15) is 14.7 Å². The fourth-order valence-corrected chi connectivity index (χ4v) is 3.06. The average Bonchev–Trinajstić information content (AvgIpc) is 2.74. The summed E-state index contributed by atoms with van der Waals surface area (Å²) in [4.78, 5) is 24.2. The van der Waals surface area contributed by atoms with Crippen LogP contribution in [0.4, 0.5) is 11.4 Å². The third-order valence-electron chi connectivity index (χ3n) is 4.72. The zero-order valence-electron chi connectivity index (χ0n) is 15.9. The summed E-state index contributed by atoms with van der Waals surface area (Å²) in [5.74, 6) is -1.74. The maximum Gasteiger partial charge on any atom is 0.335 e. The zero-order chi connectivity index (χ0) is 21.7. The molecule has 0 heterocycles. The van der Waals surface area contributed by atoms with Crippen molar-refractivity contribution >= 4 is 23.3 Å². The van der Waals surface area contributed by atoms with Gasteiger partial charge in [-0.3, -0.25) is 4.79 Å². The Balaban J connectivity index is 1.93. The predicted octanol–water partition coefficient (Wildman–Crippen LogP) is 2.91. The molecule has 0 spiro atoms. The number of nitrogens with two attached hydrogens (primary N) is 1. The molecule has 1 unspecified atom stereocenters. The highest BCUT2D eigenvalue weighted by atomic mass is 16.4. The van der Waals surface area contributed by atoms with Crippen molar-refractivity contribution in [1.29, 1.82) is 5.26 Å². The van der Waals surface area contributed by atoms with Crippen LogP contribution in [0.3, 0.4) is 0 Å². The van der Waals surface area contributed by atoms with Crippen LogP contribution in [-0.4, -0.2) is 22.1 Å². The van der Waals surface area contributed by atoms with Gasteiger partial charge in [-0.05, 0) is 41.5 Å². The second-order valence-corrected chi connectivity index (χ2v) is 6.77. The van der Waals surface area contributed by atoms with Crippen LogP contribution in [-0.2, 0) is 16.8 Å². The molecule has 1 amide bonds. The minimum absolute atomic E-state index is 0.0749. The lowest BCUT2D eigenvalue weighted by atomic mass is 9.86. The van der Waals surface area contributed by atoms with Crippen LogP contribution in [0.2, 0.25) is 0 Å². The van der Waals surface area contributed by atoms with E-state index in [0.717, 1.165) is 0 Å². The first-order valence-electron chi connectivity index (χ1n) is 9.04. The number of amides is 1. The van der Waals surface area contributed by atoms with Crippen molar-refractivity contribution in [3.05, 3.63) is 95.1 Å². The molecule has 150 valence electrons. The highest BCUT2D eigenvalue weighted by Gasteiger charge is 2.38. The minimum atomic E-state index is -1.92. The van der Waals surface area contributed by atoms with Gasteiger partial charge in [-0.15, -0.1) is 0 Å². The molecular formula is C23H19N3O4. The van der Waals surface area contributed by atoms with Crippen LogP contribution in [0.5, 0.6) is 0 Å². The SMILES string of the molecule is N#Cc1ccc(NC(=O)C(O)(Cc2ccc(C(=O)O)cc2)c2ccccc2)cc1N. The highest BCUT2D eigenvalue weighted by Crippen LogP contribution is 2.29. The fourth-order valence-electron chi connectivity index (χ4n) is 3.06. The molecule has 3 aromatic carbocycles. The standard InChI is InChI=1S/C23H19N3O4/c24-14-17-10-11-19(12-20(17)25)26-22(29)23(30,18-4-2-1-3-5-18)13-15-6-8-16(9-7-15)21(27)28/h1-12,30H,13,25H2,(H,26,29)(H,27,28). The van der Waals surface area contributed by atoms with Gasteiger partial charge in [0.25, 0.3) is 5.91 Å². The number of carboxylic acid groups (broad SMARTS) is 1. The van der Waals surface area contributed by atoms with Gasteiger partial charge in [-0.1, -0.05) is 42.5 Å². The molecule has 0 aliphatic heterocycles. The molecule has 0 saturated heterocycles. The molecule has 7 nitrogen and oxygen atoms in total. The lowest BCUT2D eigenvalue weighted by molar-refractivity contribution is -0.135. The molecule has 3 rings (SSSR count). The van der Waals surface area contributed by atoms with Gasteiger partial charge in [-0.25, -0.2) is 4.79 Å². The molecule has 0 aliphatic carbocycles. The summed E-state index contributed by atoms with van der Waals surface area (Å²) in [6.45, 7) is 0. The lowest BCUT2D eigenvalue weighted by Gasteiger charge is -2.28. The third-order valence-corrected chi connectivity index (χ3v) is 4.72. The lowest BCUT2D eigenvalue weighted by Crippen LogP contribution is -2.42. The molecule has 0 aliphatic rings. The minimum Gasteiger partial charge on any atom is -0.478 e. The van der Waals surface area contributed by atoms with Crippen LogP contribution >= 0.6 is 0 Å². The third kappa shape index (κ3) is 4.29. The van der Waals surface area contributed by atoms with Gasteiger partial charge in [0.2, 0.25) is 0 Å². The second kappa shape index (κ2) is 8.47. The summed E-state index contributed by atoms with van der Waals surface area (Å²) in [6.07, 6.45) is -0.0749. The Bertz CT molecular complexity index is 1120. The first-order valence-corrected chi connectivity index (χ1v) is 9.04. The number of anilines is 2. The normalized spacial score (nSPS) is 12.4. The number of rotatable bonds is 6. The molecule has 7 heteroatoms. The maximum absolute atomic E-state index is 13.1. The molecule has 0 aromatic heterocycles. The molecular weight excluding hydrogens is 382 g/mol. The molecule has 30 heavy (non-hydrogen) atoms. The van der Waals surface area contributed by atoms with E-state index in [-0.39, 0.29) is 23.2 Å². The number of hydrogen-bond acceptors (Lipinski definition) is 5. The number of aromatic carboxylic acids is 1. The van der Waals surface area contributed by atoms with E-state index in [1.807, 2.05) is 6.07 Å². The van der Waals surface area contributed by atoms with Gasteiger partial charge in [0.05, 0.1) is 16.8 Å². The number of nitrogens with one attached hydrogen (secondary N) is 1. The molecule has 0 bridgehead atoms. The van der Waals surface area contributed by atoms with Gasteiger partial charge < -0.3 is 21.3 Å². The Morgan fingerprint density at radius 1 is 1.03 bits per heavy atom. The van der Waals surface area contributed by atoms with Gasteiger partial charge in [0.1, 0.15) is 6.07 Å². The first-order chi connectivity index (χ1) is 14.3. The maximum atomic E-state index is 13.1. The van der Waals surface area contributed by atoms with Crippen molar-refractivity contribution in [2.24, 2.45) is 0 Å². The number of carboxylic acids is 1. The van der Waals surface area contributed by atoms with E-state index >= 15 is 0 Å². The molecule has 0 fully saturated rings. The fraction of sp³-hybridized carbons (Fsp3) is 0.0870. The van der Waals surface area contributed by atoms with Crippen molar-refractivity contribution in [2.45, 2.75) is 12.0 Å². The van der Waals surface area contributed by atoms with Crippen molar-refractivity contribution in [2.75, 3.05) is 11.1 Å². The number of hydrogen-bond donors (Lipinski definition) is 4. The number of nitrogen functional groups attached to an aromatic ring is 1. The number of aliphatic hydroxyl groups is 1. The van der Waals surface area contributed by atoms with E-state index in [1.165, 1.54) is 30.3 Å². The van der Waals surface area contributed by atoms with E-state index in [1.54, 1.807) is 42.5 Å². The molecule has 0 radical (unpaired) electrons. The topological polar surface area (TPSA) is 136 Å². The summed E-state index contributed by atoms with van der Waals surface area (Å²) in [7, 11) is 0. The summed E-state index contributed by atoms with van der Waals surface area (Å²) in [5.41, 5.74) is 5.79. The monoisotopic (exact) mass is 401 g/mol. The van der Waals surface area contributed by atoms with E-state index in [4.69, 9.17) is 16.1 Å². The number of nitriles is 1. The van der Waals surface area contributed by atoms with Crippen LogP contribution < -0.4 is 11.1 Å². The number of nitrogens with zero attached hydrogens (tertiary/aromatic N) is 1. The van der Waals surface area contributed by atoms with Crippen molar-refractivity contribution in [3.8, 4) is 6.07 Å². The Morgan fingerprint density at radius 2 is 1.70 bits per heavy atom. The van der Waals surface area contributed by atoms with Gasteiger partial charge in [0, 0.05) is 12.1 Å². The van der Waals surface area contributed by atoms with E-state index in [0.29, 0.717) is 16.8 Å². The van der Waals surface area contributed by atoms with E-state index in [2.05, 4.69) is 5.32 Å². The van der Waals surface area contributed by atoms with Gasteiger partial charge in [0.15, 0.2) is 5.60 Å².